The van der Waals surface area contributed by atoms with Gasteiger partial charge in [0.15, 0.2) is 0 Å². The molecule has 0 bridgehead atoms. The van der Waals surface area contributed by atoms with Crippen LogP contribution < -0.4 is 5.32 Å². The molecule has 1 aliphatic carbocycles. The van der Waals surface area contributed by atoms with Gasteiger partial charge in [-0.25, -0.2) is 0 Å². The molecule has 0 aromatic rings. The second-order valence-electron chi connectivity index (χ2n) is 10.2. The number of hydrogen-bond donors (Lipinski definition) is 2. The van der Waals surface area contributed by atoms with Gasteiger partial charge >= 0.3 is 5.97 Å². The number of aliphatic hydroxyl groups is 1. The SMILES string of the molecule is C=CCCCCC(=O)OCC(CC1CCCCC1)NC(=O)C(CC=C)CC(=O)N1CCCC1CO. The monoisotopic (exact) mass is 490 g/mol. The van der Waals surface area contributed by atoms with Gasteiger partial charge in [0, 0.05) is 19.4 Å². The summed E-state index contributed by atoms with van der Waals surface area (Å²) in [6, 6.07) is -0.415. The van der Waals surface area contributed by atoms with Crippen LogP contribution in [-0.2, 0) is 19.1 Å². The molecule has 0 spiro atoms. The van der Waals surface area contributed by atoms with Crippen LogP contribution in [0.4, 0.5) is 0 Å². The minimum Gasteiger partial charge on any atom is -0.463 e. The molecule has 0 aromatic carbocycles. The van der Waals surface area contributed by atoms with Crippen molar-refractivity contribution in [2.24, 2.45) is 11.8 Å². The Bertz CT molecular complexity index is 689. The molecular weight excluding hydrogens is 444 g/mol. The van der Waals surface area contributed by atoms with Crippen molar-refractivity contribution < 1.29 is 24.2 Å². The van der Waals surface area contributed by atoms with Gasteiger partial charge in [-0.15, -0.1) is 13.2 Å². The zero-order chi connectivity index (χ0) is 25.5. The van der Waals surface area contributed by atoms with Gasteiger partial charge in [0.25, 0.3) is 0 Å². The zero-order valence-electron chi connectivity index (χ0n) is 21.4. The van der Waals surface area contributed by atoms with E-state index in [4.69, 9.17) is 4.74 Å². The average Bonchev–Trinajstić information content (AvgIpc) is 3.34. The van der Waals surface area contributed by atoms with Crippen LogP contribution in [0.25, 0.3) is 0 Å². The van der Waals surface area contributed by atoms with E-state index < -0.39 is 5.92 Å². The fraction of sp³-hybridized carbons (Fsp3) is 0.750. The van der Waals surface area contributed by atoms with Crippen molar-refractivity contribution in [1.82, 2.24) is 10.2 Å². The maximum absolute atomic E-state index is 13.2. The Kier molecular flexibility index (Phi) is 13.7. The number of carbonyl (C=O) groups is 3. The molecule has 2 N–H and O–H groups in total. The number of nitrogens with one attached hydrogen (secondary N) is 1. The van der Waals surface area contributed by atoms with Crippen LogP contribution in [0.15, 0.2) is 25.3 Å². The first-order valence-electron chi connectivity index (χ1n) is 13.6. The summed E-state index contributed by atoms with van der Waals surface area (Å²) in [5.74, 6) is -0.545. The van der Waals surface area contributed by atoms with Crippen LogP contribution in [0, 0.1) is 11.8 Å². The Morgan fingerprint density at radius 2 is 1.83 bits per heavy atom. The van der Waals surface area contributed by atoms with Crippen LogP contribution in [0.1, 0.15) is 89.9 Å². The first kappa shape index (κ1) is 29.1. The smallest absolute Gasteiger partial charge is 0.305 e. The summed E-state index contributed by atoms with van der Waals surface area (Å²) in [4.78, 5) is 40.1. The summed E-state index contributed by atoms with van der Waals surface area (Å²) < 4.78 is 5.55. The van der Waals surface area contributed by atoms with Crippen molar-refractivity contribution in [2.45, 2.75) is 102 Å². The maximum Gasteiger partial charge on any atom is 0.305 e. The van der Waals surface area contributed by atoms with Crippen molar-refractivity contribution in [3.63, 3.8) is 0 Å². The van der Waals surface area contributed by atoms with Gasteiger partial charge in [-0.05, 0) is 50.9 Å². The van der Waals surface area contributed by atoms with Crippen molar-refractivity contribution >= 4 is 17.8 Å². The molecule has 2 fully saturated rings. The number of aliphatic hydroxyl groups excluding tert-OH is 1. The molecule has 1 aliphatic heterocycles. The second kappa shape index (κ2) is 16.5. The van der Waals surface area contributed by atoms with Gasteiger partial charge in [0.1, 0.15) is 6.61 Å². The molecule has 1 saturated carbocycles. The van der Waals surface area contributed by atoms with Crippen LogP contribution >= 0.6 is 0 Å². The number of nitrogens with zero attached hydrogens (tertiary/aromatic N) is 1. The summed E-state index contributed by atoms with van der Waals surface area (Å²) in [7, 11) is 0. The third-order valence-electron chi connectivity index (χ3n) is 7.32. The quantitative estimate of drug-likeness (QED) is 0.191. The highest BCUT2D eigenvalue weighted by molar-refractivity contribution is 5.86. The standard InChI is InChI=1S/C28H46N2O5/c1-3-5-6-10-16-27(33)35-21-24(18-22-13-8-7-9-14-22)29-28(34)23(12-4-2)19-26(32)30-17-11-15-25(30)20-31/h3-4,22-25,31H,1-2,5-21H2,(H,29,34). The molecule has 35 heavy (non-hydrogen) atoms. The Morgan fingerprint density at radius 3 is 2.51 bits per heavy atom. The van der Waals surface area contributed by atoms with E-state index in [-0.39, 0.29) is 49.5 Å². The van der Waals surface area contributed by atoms with Gasteiger partial charge in [-0.3, -0.25) is 14.4 Å². The summed E-state index contributed by atoms with van der Waals surface area (Å²) in [5, 5.41) is 12.7. The maximum atomic E-state index is 13.2. The Labute approximate surface area is 211 Å². The van der Waals surface area contributed by atoms with Gasteiger partial charge in [-0.2, -0.15) is 0 Å². The molecular formula is C28H46N2O5. The van der Waals surface area contributed by atoms with Gasteiger partial charge in [0.2, 0.25) is 11.8 Å². The number of amides is 2. The second-order valence-corrected chi connectivity index (χ2v) is 10.2. The first-order chi connectivity index (χ1) is 17.0. The zero-order valence-corrected chi connectivity index (χ0v) is 21.4. The van der Waals surface area contributed by atoms with Crippen molar-refractivity contribution in [1.29, 1.82) is 0 Å². The van der Waals surface area contributed by atoms with Crippen LogP contribution in [0.2, 0.25) is 0 Å². The van der Waals surface area contributed by atoms with Gasteiger partial charge < -0.3 is 20.1 Å². The van der Waals surface area contributed by atoms with Gasteiger partial charge in [-0.1, -0.05) is 44.3 Å². The highest BCUT2D eigenvalue weighted by Crippen LogP contribution is 2.28. The molecule has 0 aromatic heterocycles. The number of rotatable bonds is 16. The number of likely N-dealkylation sites (tertiary alicyclic amines) is 1. The molecule has 3 unspecified atom stereocenters. The molecule has 198 valence electrons. The summed E-state index contributed by atoms with van der Waals surface area (Å²) in [6.07, 6.45) is 15.3. The fourth-order valence-corrected chi connectivity index (χ4v) is 5.30. The van der Waals surface area contributed by atoms with E-state index in [2.05, 4.69) is 18.5 Å². The Balaban J connectivity index is 1.95. The molecule has 7 nitrogen and oxygen atoms in total. The Morgan fingerprint density at radius 1 is 1.06 bits per heavy atom. The van der Waals surface area contributed by atoms with Crippen LogP contribution in [0.3, 0.4) is 0 Å². The van der Waals surface area contributed by atoms with E-state index in [1.165, 1.54) is 19.3 Å². The summed E-state index contributed by atoms with van der Waals surface area (Å²) in [6.45, 7) is 8.21. The molecule has 7 heteroatoms. The lowest BCUT2D eigenvalue weighted by Gasteiger charge is -2.29. The number of ether oxygens (including phenoxy) is 1. The van der Waals surface area contributed by atoms with E-state index in [1.54, 1.807) is 11.0 Å². The highest BCUT2D eigenvalue weighted by atomic mass is 16.5. The van der Waals surface area contributed by atoms with Crippen molar-refractivity contribution in [3.8, 4) is 0 Å². The topological polar surface area (TPSA) is 95.9 Å². The summed E-state index contributed by atoms with van der Waals surface area (Å²) in [5.41, 5.74) is 0. The highest BCUT2D eigenvalue weighted by Gasteiger charge is 2.32. The third-order valence-corrected chi connectivity index (χ3v) is 7.32. The molecule has 2 amide bonds. The third kappa shape index (κ3) is 10.6. The minimum absolute atomic E-state index is 0.0491. The van der Waals surface area contributed by atoms with Gasteiger partial charge in [0.05, 0.1) is 24.6 Å². The summed E-state index contributed by atoms with van der Waals surface area (Å²) >= 11 is 0. The Hall–Kier alpha value is -2.15. The number of allylic oxidation sites excluding steroid dienone is 2. The van der Waals surface area contributed by atoms with Crippen molar-refractivity contribution in [3.05, 3.63) is 25.3 Å². The number of hydrogen-bond acceptors (Lipinski definition) is 5. The van der Waals surface area contributed by atoms with E-state index in [0.717, 1.165) is 51.4 Å². The molecule has 0 radical (unpaired) electrons. The largest absolute Gasteiger partial charge is 0.463 e. The molecule has 3 atom stereocenters. The lowest BCUT2D eigenvalue weighted by atomic mass is 9.84. The van der Waals surface area contributed by atoms with E-state index >= 15 is 0 Å². The lowest BCUT2D eigenvalue weighted by Crippen LogP contribution is -2.45. The van der Waals surface area contributed by atoms with E-state index in [1.807, 2.05) is 6.08 Å². The van der Waals surface area contributed by atoms with Crippen LogP contribution in [-0.4, -0.2) is 59.6 Å². The number of carbonyl (C=O) groups excluding carboxylic acids is 3. The first-order valence-corrected chi connectivity index (χ1v) is 13.6. The minimum atomic E-state index is -0.525. The molecule has 1 saturated heterocycles. The fourth-order valence-electron chi connectivity index (χ4n) is 5.30. The predicted molar refractivity (Wildman–Crippen MR) is 137 cm³/mol. The predicted octanol–water partition coefficient (Wildman–Crippen LogP) is 4.30. The average molecular weight is 491 g/mol. The molecule has 1 heterocycles. The molecule has 2 aliphatic rings. The van der Waals surface area contributed by atoms with Crippen LogP contribution in [0.5, 0.6) is 0 Å². The van der Waals surface area contributed by atoms with E-state index in [9.17, 15) is 19.5 Å². The lowest BCUT2D eigenvalue weighted by molar-refractivity contribution is -0.145. The van der Waals surface area contributed by atoms with E-state index in [0.29, 0.717) is 25.3 Å². The normalized spacial score (nSPS) is 20.1. The number of esters is 1. The number of unbranched alkanes of at least 4 members (excludes halogenated alkanes) is 2. The van der Waals surface area contributed by atoms with Crippen molar-refractivity contribution in [2.75, 3.05) is 19.8 Å². The molecule has 2 rings (SSSR count).